The molecule has 0 fully saturated rings. The fourth-order valence-corrected chi connectivity index (χ4v) is 0.793. The number of aromatic carboxylic acids is 1. The third-order valence-corrected chi connectivity index (χ3v) is 1.33. The van der Waals surface area contributed by atoms with Crippen LogP contribution in [-0.2, 0) is 0 Å². The highest BCUT2D eigenvalue weighted by Gasteiger charge is 2.07. The highest BCUT2D eigenvalue weighted by Crippen LogP contribution is 2.03. The molecule has 1 aromatic rings. The molecule has 5 heteroatoms. The Hall–Kier alpha value is -2.22. The van der Waals surface area contributed by atoms with E-state index in [9.17, 15) is 9.59 Å². The van der Waals surface area contributed by atoms with Gasteiger partial charge in [-0.3, -0.25) is 4.79 Å². The molecule has 0 saturated heterocycles. The minimum Gasteiger partial charge on any atom is -0.478 e. The summed E-state index contributed by atoms with van der Waals surface area (Å²) in [5.41, 5.74) is -0.257. The molecule has 0 spiro atoms. The van der Waals surface area contributed by atoms with Crippen LogP contribution in [0.25, 0.3) is 0 Å². The Morgan fingerprint density at radius 2 is 2.31 bits per heavy atom. The first-order chi connectivity index (χ1) is 6.17. The molecular weight excluding hydrogens is 172 g/mol. The number of pyridine rings is 1. The Labute approximate surface area is 73.3 Å². The van der Waals surface area contributed by atoms with Gasteiger partial charge >= 0.3 is 5.97 Å². The maximum Gasteiger partial charge on any atom is 0.335 e. The van der Waals surface area contributed by atoms with Crippen molar-refractivity contribution in [2.75, 3.05) is 0 Å². The number of nitrogens with zero attached hydrogens (tertiary/aromatic N) is 2. The van der Waals surface area contributed by atoms with Crippen molar-refractivity contribution in [3.8, 4) is 6.07 Å². The van der Waals surface area contributed by atoms with Gasteiger partial charge in [0, 0.05) is 0 Å². The summed E-state index contributed by atoms with van der Waals surface area (Å²) < 4.78 is 0. The zero-order valence-electron chi connectivity index (χ0n) is 6.39. The maximum absolute atomic E-state index is 10.5. The third kappa shape index (κ3) is 1.87. The van der Waals surface area contributed by atoms with Crippen molar-refractivity contribution in [2.45, 2.75) is 0 Å². The van der Waals surface area contributed by atoms with Gasteiger partial charge in [0.1, 0.15) is 17.5 Å². The number of hydrogen-bond acceptors (Lipinski definition) is 4. The summed E-state index contributed by atoms with van der Waals surface area (Å²) in [5.74, 6) is -1.19. The average molecular weight is 176 g/mol. The van der Waals surface area contributed by atoms with Crippen LogP contribution in [0.4, 0.5) is 0 Å². The molecule has 1 rings (SSSR count). The fourth-order valence-electron chi connectivity index (χ4n) is 0.793. The molecule has 1 heterocycles. The summed E-state index contributed by atoms with van der Waals surface area (Å²) >= 11 is 0. The van der Waals surface area contributed by atoms with E-state index in [0.717, 1.165) is 12.1 Å². The second-order valence-corrected chi connectivity index (χ2v) is 2.20. The quantitative estimate of drug-likeness (QED) is 0.661. The zero-order chi connectivity index (χ0) is 9.84. The Morgan fingerprint density at radius 1 is 1.62 bits per heavy atom. The van der Waals surface area contributed by atoms with Crippen LogP contribution in [0.3, 0.4) is 0 Å². The van der Waals surface area contributed by atoms with Gasteiger partial charge in [-0.2, -0.15) is 5.26 Å². The fraction of sp³-hybridized carbons (Fsp3) is 0. The second kappa shape index (κ2) is 3.45. The lowest BCUT2D eigenvalue weighted by Crippen LogP contribution is -2.01. The third-order valence-electron chi connectivity index (χ3n) is 1.33. The molecule has 13 heavy (non-hydrogen) atoms. The Morgan fingerprint density at radius 3 is 2.77 bits per heavy atom. The van der Waals surface area contributed by atoms with E-state index in [1.54, 1.807) is 6.07 Å². The predicted octanol–water partition coefficient (Wildman–Crippen LogP) is 0.464. The van der Waals surface area contributed by atoms with Crippen LogP contribution in [0.1, 0.15) is 26.5 Å². The van der Waals surface area contributed by atoms with Gasteiger partial charge in [-0.15, -0.1) is 0 Å². The molecule has 0 atom stereocenters. The van der Waals surface area contributed by atoms with Gasteiger partial charge in [-0.05, 0) is 12.1 Å². The van der Waals surface area contributed by atoms with Gasteiger partial charge in [0.2, 0.25) is 0 Å². The van der Waals surface area contributed by atoms with Crippen molar-refractivity contribution in [3.63, 3.8) is 0 Å². The molecule has 0 unspecified atom stereocenters. The average Bonchev–Trinajstić information content (AvgIpc) is 2.16. The Balaban J connectivity index is 3.32. The molecule has 1 N–H and O–H groups in total. The number of nitriles is 1. The molecule has 0 saturated carbocycles. The minimum absolute atomic E-state index is 0.0588. The highest BCUT2D eigenvalue weighted by atomic mass is 16.4. The lowest BCUT2D eigenvalue weighted by molar-refractivity contribution is 0.0696. The number of rotatable bonds is 2. The summed E-state index contributed by atoms with van der Waals surface area (Å²) in [6.45, 7) is 0. The first-order valence-electron chi connectivity index (χ1n) is 3.28. The van der Waals surface area contributed by atoms with Crippen LogP contribution in [0, 0.1) is 11.3 Å². The molecule has 0 bridgehead atoms. The first kappa shape index (κ1) is 8.87. The van der Waals surface area contributed by atoms with Gasteiger partial charge in [0.25, 0.3) is 0 Å². The molecule has 0 aliphatic rings. The van der Waals surface area contributed by atoms with E-state index in [1.807, 2.05) is 0 Å². The molecule has 64 valence electrons. The van der Waals surface area contributed by atoms with Crippen LogP contribution in [0.15, 0.2) is 12.1 Å². The van der Waals surface area contributed by atoms with Gasteiger partial charge in [-0.1, -0.05) is 0 Å². The summed E-state index contributed by atoms with van der Waals surface area (Å²) in [6, 6.07) is 3.88. The summed E-state index contributed by atoms with van der Waals surface area (Å²) in [7, 11) is 0. The van der Waals surface area contributed by atoms with Crippen molar-refractivity contribution in [1.29, 1.82) is 5.26 Å². The van der Waals surface area contributed by atoms with Gasteiger partial charge < -0.3 is 5.11 Å². The molecule has 5 nitrogen and oxygen atoms in total. The topological polar surface area (TPSA) is 91.0 Å². The largest absolute Gasteiger partial charge is 0.478 e. The predicted molar refractivity (Wildman–Crippen MR) is 41.3 cm³/mol. The molecular formula is C8H4N2O3. The van der Waals surface area contributed by atoms with Crippen molar-refractivity contribution in [1.82, 2.24) is 4.98 Å². The van der Waals surface area contributed by atoms with E-state index >= 15 is 0 Å². The standard InChI is InChI=1S/C8H4N2O3/c9-3-6-1-5(8(12)13)2-7(4-11)10-6/h1-2,4H,(H,12,13). The monoisotopic (exact) mass is 176 g/mol. The van der Waals surface area contributed by atoms with E-state index in [2.05, 4.69) is 4.98 Å². The van der Waals surface area contributed by atoms with E-state index in [0.29, 0.717) is 6.29 Å². The number of aldehydes is 1. The summed E-state index contributed by atoms with van der Waals surface area (Å²) in [5, 5.41) is 17.0. The smallest absolute Gasteiger partial charge is 0.335 e. The van der Waals surface area contributed by atoms with Crippen molar-refractivity contribution in [3.05, 3.63) is 29.1 Å². The Bertz CT molecular complexity index is 406. The van der Waals surface area contributed by atoms with E-state index < -0.39 is 5.97 Å². The van der Waals surface area contributed by atoms with Gasteiger partial charge in [0.15, 0.2) is 6.29 Å². The molecule has 1 aromatic heterocycles. The summed E-state index contributed by atoms with van der Waals surface area (Å²) in [4.78, 5) is 24.3. The van der Waals surface area contributed by atoms with E-state index in [4.69, 9.17) is 10.4 Å². The molecule has 0 radical (unpaired) electrons. The molecule has 0 aliphatic carbocycles. The highest BCUT2D eigenvalue weighted by molar-refractivity contribution is 5.89. The normalized spacial score (nSPS) is 8.85. The number of carbonyl (C=O) groups is 2. The minimum atomic E-state index is -1.19. The number of hydrogen-bond donors (Lipinski definition) is 1. The van der Waals surface area contributed by atoms with Gasteiger partial charge in [0.05, 0.1) is 5.56 Å². The molecule has 0 aromatic carbocycles. The number of carboxylic acids is 1. The second-order valence-electron chi connectivity index (χ2n) is 2.20. The van der Waals surface area contributed by atoms with E-state index in [-0.39, 0.29) is 17.0 Å². The molecule has 0 aliphatic heterocycles. The van der Waals surface area contributed by atoms with Crippen molar-refractivity contribution in [2.24, 2.45) is 0 Å². The molecule has 0 amide bonds. The lowest BCUT2D eigenvalue weighted by Gasteiger charge is -1.95. The van der Waals surface area contributed by atoms with Crippen LogP contribution in [-0.4, -0.2) is 22.3 Å². The van der Waals surface area contributed by atoms with Crippen LogP contribution < -0.4 is 0 Å². The zero-order valence-corrected chi connectivity index (χ0v) is 6.39. The lowest BCUT2D eigenvalue weighted by atomic mass is 10.2. The van der Waals surface area contributed by atoms with E-state index in [1.165, 1.54) is 0 Å². The van der Waals surface area contributed by atoms with Crippen LogP contribution in [0.2, 0.25) is 0 Å². The number of aromatic nitrogens is 1. The Kier molecular flexibility index (Phi) is 2.36. The maximum atomic E-state index is 10.5. The first-order valence-corrected chi connectivity index (χ1v) is 3.28. The summed E-state index contributed by atoms with van der Waals surface area (Å²) in [6.07, 6.45) is 0.396. The number of carbonyl (C=O) groups excluding carboxylic acids is 1. The van der Waals surface area contributed by atoms with Crippen LogP contribution >= 0.6 is 0 Å². The van der Waals surface area contributed by atoms with Crippen LogP contribution in [0.5, 0.6) is 0 Å². The SMILES string of the molecule is N#Cc1cc(C(=O)O)cc(C=O)n1. The van der Waals surface area contributed by atoms with Crippen molar-refractivity contribution >= 4 is 12.3 Å². The number of carboxylic acid groups (broad SMARTS) is 1. The van der Waals surface area contributed by atoms with Crippen molar-refractivity contribution < 1.29 is 14.7 Å². The van der Waals surface area contributed by atoms with Gasteiger partial charge in [-0.25, -0.2) is 9.78 Å².